The van der Waals surface area contributed by atoms with Crippen molar-refractivity contribution < 1.29 is 9.47 Å². The van der Waals surface area contributed by atoms with Gasteiger partial charge < -0.3 is 9.47 Å². The van der Waals surface area contributed by atoms with Crippen molar-refractivity contribution in [3.63, 3.8) is 0 Å². The Morgan fingerprint density at radius 3 is 1.56 bits per heavy atom. The van der Waals surface area contributed by atoms with Crippen molar-refractivity contribution in [2.75, 3.05) is 13.2 Å². The van der Waals surface area contributed by atoms with Crippen LogP contribution in [0.3, 0.4) is 0 Å². The van der Waals surface area contributed by atoms with E-state index in [1.165, 1.54) is 22.0 Å². The summed E-state index contributed by atoms with van der Waals surface area (Å²) < 4.78 is 12.8. The minimum Gasteiger partial charge on any atom is -0.494 e. The van der Waals surface area contributed by atoms with Gasteiger partial charge in [0.25, 0.3) is 0 Å². The van der Waals surface area contributed by atoms with Crippen LogP contribution in [-0.2, 0) is 5.41 Å². The average Bonchev–Trinajstić information content (AvgIpc) is 2.58. The molecule has 0 saturated heterocycles. The molecule has 0 spiro atoms. The summed E-state index contributed by atoms with van der Waals surface area (Å²) >= 11 is 2.30. The fourth-order valence-electron chi connectivity index (χ4n) is 2.52. The largest absolute Gasteiger partial charge is 0.494 e. The van der Waals surface area contributed by atoms with Crippen molar-refractivity contribution in [1.29, 1.82) is 0 Å². The first kappa shape index (κ1) is 20.1. The molecule has 0 unspecified atom stereocenters. The summed E-state index contributed by atoms with van der Waals surface area (Å²) in [5, 5.41) is 0. The zero-order chi connectivity index (χ0) is 18.1. The maximum atomic E-state index is 5.83. The Morgan fingerprint density at radius 1 is 0.680 bits per heavy atom. The van der Waals surface area contributed by atoms with Gasteiger partial charge in [-0.25, -0.2) is 0 Å². The van der Waals surface area contributed by atoms with Gasteiger partial charge in [0.15, 0.2) is 0 Å². The van der Waals surface area contributed by atoms with Crippen molar-refractivity contribution in [1.82, 2.24) is 0 Å². The van der Waals surface area contributed by atoms with E-state index >= 15 is 0 Å². The topological polar surface area (TPSA) is 18.5 Å². The number of hydrogen-bond acceptors (Lipinski definition) is 2. The van der Waals surface area contributed by atoms with E-state index in [9.17, 15) is 0 Å². The molecule has 0 atom stereocenters. The molecule has 2 aromatic rings. The number of halogens is 1. The Hall–Kier alpha value is -1.23. The van der Waals surface area contributed by atoms with Gasteiger partial charge in [-0.2, -0.15) is 0 Å². The Balaban J connectivity index is 1.52. The highest BCUT2D eigenvalue weighted by Crippen LogP contribution is 2.24. The van der Waals surface area contributed by atoms with Gasteiger partial charge in [0.1, 0.15) is 11.5 Å². The SMILES string of the molecule is CC(C)(C)c1ccc(OCCCCCCOc2ccc(I)cc2)cc1. The maximum Gasteiger partial charge on any atom is 0.119 e. The molecule has 3 heteroatoms. The Bertz CT molecular complexity index is 612. The van der Waals surface area contributed by atoms with Crippen molar-refractivity contribution in [2.24, 2.45) is 0 Å². The van der Waals surface area contributed by atoms with E-state index in [4.69, 9.17) is 9.47 Å². The predicted molar refractivity (Wildman–Crippen MR) is 114 cm³/mol. The second-order valence-corrected chi connectivity index (χ2v) is 8.59. The lowest BCUT2D eigenvalue weighted by atomic mass is 9.87. The van der Waals surface area contributed by atoms with E-state index in [0.29, 0.717) is 0 Å². The quantitative estimate of drug-likeness (QED) is 0.315. The van der Waals surface area contributed by atoms with E-state index in [0.717, 1.165) is 37.6 Å². The lowest BCUT2D eigenvalue weighted by Crippen LogP contribution is -2.10. The summed E-state index contributed by atoms with van der Waals surface area (Å²) in [5.41, 5.74) is 1.53. The van der Waals surface area contributed by atoms with Gasteiger partial charge in [-0.05, 0) is 95.7 Å². The molecule has 2 aromatic carbocycles. The molecule has 0 aromatic heterocycles. The van der Waals surface area contributed by atoms with Crippen molar-refractivity contribution in [3.05, 3.63) is 57.7 Å². The lowest BCUT2D eigenvalue weighted by molar-refractivity contribution is 0.287. The molecule has 25 heavy (non-hydrogen) atoms. The first-order chi connectivity index (χ1) is 11.9. The zero-order valence-corrected chi connectivity index (χ0v) is 17.7. The van der Waals surface area contributed by atoms with Gasteiger partial charge in [0.2, 0.25) is 0 Å². The van der Waals surface area contributed by atoms with Crippen LogP contribution in [0.2, 0.25) is 0 Å². The molecule has 0 N–H and O–H groups in total. The van der Waals surface area contributed by atoms with Gasteiger partial charge in [0.05, 0.1) is 13.2 Å². The minimum absolute atomic E-state index is 0.193. The van der Waals surface area contributed by atoms with Gasteiger partial charge in [-0.1, -0.05) is 32.9 Å². The first-order valence-corrected chi connectivity index (χ1v) is 10.1. The van der Waals surface area contributed by atoms with Crippen molar-refractivity contribution in [3.8, 4) is 11.5 Å². The van der Waals surface area contributed by atoms with E-state index in [-0.39, 0.29) is 5.41 Å². The fourth-order valence-corrected chi connectivity index (χ4v) is 2.88. The third-order valence-corrected chi connectivity index (χ3v) is 4.83. The van der Waals surface area contributed by atoms with E-state index in [1.807, 2.05) is 12.1 Å². The van der Waals surface area contributed by atoms with Crippen molar-refractivity contribution >= 4 is 22.6 Å². The highest BCUT2D eigenvalue weighted by molar-refractivity contribution is 14.1. The monoisotopic (exact) mass is 452 g/mol. The van der Waals surface area contributed by atoms with Crippen LogP contribution < -0.4 is 9.47 Å². The van der Waals surface area contributed by atoms with Crippen LogP contribution in [-0.4, -0.2) is 13.2 Å². The van der Waals surface area contributed by atoms with Gasteiger partial charge in [-0.3, -0.25) is 0 Å². The Morgan fingerprint density at radius 2 is 1.12 bits per heavy atom. The molecule has 136 valence electrons. The summed E-state index contributed by atoms with van der Waals surface area (Å²) in [6, 6.07) is 16.7. The summed E-state index contributed by atoms with van der Waals surface area (Å²) in [6.07, 6.45) is 4.53. The zero-order valence-electron chi connectivity index (χ0n) is 15.6. The molecule has 0 bridgehead atoms. The summed E-state index contributed by atoms with van der Waals surface area (Å²) in [7, 11) is 0. The summed E-state index contributed by atoms with van der Waals surface area (Å²) in [6.45, 7) is 8.25. The highest BCUT2D eigenvalue weighted by atomic mass is 127. The van der Waals surface area contributed by atoms with Crippen LogP contribution in [0.4, 0.5) is 0 Å². The molecule has 2 rings (SSSR count). The van der Waals surface area contributed by atoms with Crippen LogP contribution in [0.5, 0.6) is 11.5 Å². The maximum absolute atomic E-state index is 5.83. The molecular formula is C22H29IO2. The molecule has 0 heterocycles. The molecule has 0 amide bonds. The standard InChI is InChI=1S/C22H29IO2/c1-22(2,3)18-8-12-20(13-9-18)24-16-6-4-5-7-17-25-21-14-10-19(23)11-15-21/h8-15H,4-7,16-17H2,1-3H3. The second kappa shape index (κ2) is 10.0. The van der Waals surface area contributed by atoms with Crippen LogP contribution >= 0.6 is 22.6 Å². The lowest BCUT2D eigenvalue weighted by Gasteiger charge is -2.19. The molecule has 0 aliphatic rings. The Kier molecular flexibility index (Phi) is 8.07. The predicted octanol–water partition coefficient (Wildman–Crippen LogP) is 6.61. The van der Waals surface area contributed by atoms with Gasteiger partial charge in [-0.15, -0.1) is 0 Å². The molecule has 2 nitrogen and oxygen atoms in total. The molecule has 0 aliphatic carbocycles. The number of unbranched alkanes of at least 4 members (excludes halogenated alkanes) is 3. The van der Waals surface area contributed by atoms with Gasteiger partial charge >= 0.3 is 0 Å². The van der Waals surface area contributed by atoms with Crippen LogP contribution in [0.25, 0.3) is 0 Å². The fraction of sp³-hybridized carbons (Fsp3) is 0.455. The summed E-state index contributed by atoms with van der Waals surface area (Å²) in [5.74, 6) is 1.93. The third-order valence-electron chi connectivity index (χ3n) is 4.11. The average molecular weight is 452 g/mol. The Labute approximate surface area is 166 Å². The minimum atomic E-state index is 0.193. The van der Waals surface area contributed by atoms with Crippen molar-refractivity contribution in [2.45, 2.75) is 51.9 Å². The van der Waals surface area contributed by atoms with E-state index in [1.54, 1.807) is 0 Å². The smallest absolute Gasteiger partial charge is 0.119 e. The van der Waals surface area contributed by atoms with Crippen LogP contribution in [0, 0.1) is 3.57 Å². The van der Waals surface area contributed by atoms with Crippen LogP contribution in [0.1, 0.15) is 52.0 Å². The molecule has 0 radical (unpaired) electrons. The van der Waals surface area contributed by atoms with E-state index in [2.05, 4.69) is 79.8 Å². The van der Waals surface area contributed by atoms with Gasteiger partial charge in [0, 0.05) is 3.57 Å². The number of benzene rings is 2. The van der Waals surface area contributed by atoms with E-state index < -0.39 is 0 Å². The normalized spacial score (nSPS) is 11.4. The highest BCUT2D eigenvalue weighted by Gasteiger charge is 2.12. The molecular weight excluding hydrogens is 423 g/mol. The molecule has 0 saturated carbocycles. The number of hydrogen-bond donors (Lipinski definition) is 0. The third kappa shape index (κ3) is 7.68. The summed E-state index contributed by atoms with van der Waals surface area (Å²) in [4.78, 5) is 0. The number of ether oxygens (including phenoxy) is 2. The molecule has 0 fully saturated rings. The first-order valence-electron chi connectivity index (χ1n) is 9.07. The van der Waals surface area contributed by atoms with Crippen LogP contribution in [0.15, 0.2) is 48.5 Å². The molecule has 0 aliphatic heterocycles. The number of rotatable bonds is 9. The second-order valence-electron chi connectivity index (χ2n) is 7.34.